The zero-order chi connectivity index (χ0) is 14.0. The van der Waals surface area contributed by atoms with Gasteiger partial charge in [-0.25, -0.2) is 0 Å². The Kier molecular flexibility index (Phi) is 3.99. The van der Waals surface area contributed by atoms with E-state index in [1.807, 2.05) is 38.1 Å². The first-order valence-corrected chi connectivity index (χ1v) is 6.51. The highest BCUT2D eigenvalue weighted by Gasteiger charge is 2.10. The van der Waals surface area contributed by atoms with Crippen LogP contribution in [0.15, 0.2) is 30.3 Å². The van der Waals surface area contributed by atoms with Crippen LogP contribution in [0.5, 0.6) is 0 Å². The van der Waals surface area contributed by atoms with E-state index >= 15 is 0 Å². The molecule has 2 aromatic carbocycles. The molecule has 0 saturated heterocycles. The minimum absolute atomic E-state index is 0.528. The van der Waals surface area contributed by atoms with Crippen LogP contribution in [0, 0.1) is 25.2 Å². The third-order valence-corrected chi connectivity index (χ3v) is 3.64. The van der Waals surface area contributed by atoms with Crippen molar-refractivity contribution in [1.82, 2.24) is 0 Å². The smallest absolute Gasteiger partial charge is 0.101 e. The minimum atomic E-state index is 0.528. The van der Waals surface area contributed by atoms with Crippen LogP contribution in [0.1, 0.15) is 16.7 Å². The van der Waals surface area contributed by atoms with E-state index in [1.165, 1.54) is 0 Å². The van der Waals surface area contributed by atoms with Crippen molar-refractivity contribution in [2.24, 2.45) is 0 Å². The molecule has 0 aliphatic heterocycles. The van der Waals surface area contributed by atoms with Gasteiger partial charge in [-0.1, -0.05) is 35.3 Å². The van der Waals surface area contributed by atoms with Crippen LogP contribution in [-0.4, -0.2) is 0 Å². The molecule has 2 nitrogen and oxygen atoms in total. The average Bonchev–Trinajstić information content (AvgIpc) is 2.40. The Bertz CT molecular complexity index is 673. The first kappa shape index (κ1) is 13.7. The summed E-state index contributed by atoms with van der Waals surface area (Å²) in [5, 5.41) is 13.4. The van der Waals surface area contributed by atoms with Gasteiger partial charge >= 0.3 is 0 Å². The maximum Gasteiger partial charge on any atom is 0.101 e. The Morgan fingerprint density at radius 3 is 2.53 bits per heavy atom. The van der Waals surface area contributed by atoms with Crippen molar-refractivity contribution in [1.29, 1.82) is 5.26 Å². The molecule has 0 atom stereocenters. The fourth-order valence-electron chi connectivity index (χ4n) is 1.77. The van der Waals surface area contributed by atoms with E-state index < -0.39 is 0 Å². The first-order chi connectivity index (χ1) is 9.02. The summed E-state index contributed by atoms with van der Waals surface area (Å²) < 4.78 is 0. The van der Waals surface area contributed by atoms with Crippen molar-refractivity contribution < 1.29 is 0 Å². The fourth-order valence-corrected chi connectivity index (χ4v) is 2.23. The molecule has 96 valence electrons. The molecule has 0 aliphatic carbocycles. The average molecular weight is 291 g/mol. The van der Waals surface area contributed by atoms with Crippen molar-refractivity contribution in [2.45, 2.75) is 13.8 Å². The van der Waals surface area contributed by atoms with Gasteiger partial charge in [0.1, 0.15) is 6.07 Å². The van der Waals surface area contributed by atoms with E-state index in [9.17, 15) is 0 Å². The number of rotatable bonds is 2. The number of nitrogens with one attached hydrogen (secondary N) is 1. The van der Waals surface area contributed by atoms with Gasteiger partial charge < -0.3 is 5.32 Å². The second-order valence-corrected chi connectivity index (χ2v) is 5.12. The Hall–Kier alpha value is -1.69. The van der Waals surface area contributed by atoms with Gasteiger partial charge in [-0.15, -0.1) is 0 Å². The molecule has 2 aromatic rings. The lowest BCUT2D eigenvalue weighted by Crippen LogP contribution is -1.97. The fraction of sp³-hybridized carbons (Fsp3) is 0.133. The summed E-state index contributed by atoms with van der Waals surface area (Å²) in [7, 11) is 0. The maximum absolute atomic E-state index is 9.16. The number of anilines is 2. The van der Waals surface area contributed by atoms with Gasteiger partial charge in [0.05, 0.1) is 27.0 Å². The van der Waals surface area contributed by atoms with Crippen molar-refractivity contribution in [2.75, 3.05) is 5.32 Å². The lowest BCUT2D eigenvalue weighted by Gasteiger charge is -2.13. The highest BCUT2D eigenvalue weighted by Crippen LogP contribution is 2.35. The minimum Gasteiger partial charge on any atom is -0.352 e. The standard InChI is InChI=1S/C15H12Cl2N2/c1-9-3-6-13(11(7-9)8-18)19-15-12(16)5-4-10(2)14(15)17/h3-7,19H,1-2H3. The molecule has 0 unspecified atom stereocenters. The normalized spacial score (nSPS) is 10.1. The van der Waals surface area contributed by atoms with Crippen molar-refractivity contribution >= 4 is 34.6 Å². The van der Waals surface area contributed by atoms with Gasteiger partial charge in [0.2, 0.25) is 0 Å². The van der Waals surface area contributed by atoms with Crippen LogP contribution in [0.3, 0.4) is 0 Å². The molecule has 0 spiro atoms. The molecule has 4 heteroatoms. The monoisotopic (exact) mass is 290 g/mol. The second kappa shape index (κ2) is 5.52. The molecule has 0 bridgehead atoms. The van der Waals surface area contributed by atoms with Crippen LogP contribution in [0.25, 0.3) is 0 Å². The molecule has 0 fully saturated rings. The number of nitriles is 1. The SMILES string of the molecule is Cc1ccc(Nc2c(Cl)ccc(C)c2Cl)c(C#N)c1. The van der Waals surface area contributed by atoms with E-state index in [-0.39, 0.29) is 0 Å². The number of halogens is 2. The van der Waals surface area contributed by atoms with Crippen molar-refractivity contribution in [3.05, 3.63) is 57.1 Å². The molecular weight excluding hydrogens is 279 g/mol. The van der Waals surface area contributed by atoms with E-state index in [0.29, 0.717) is 27.0 Å². The van der Waals surface area contributed by atoms with E-state index in [2.05, 4.69) is 11.4 Å². The quantitative estimate of drug-likeness (QED) is 0.822. The summed E-state index contributed by atoms with van der Waals surface area (Å²) in [5.41, 5.74) is 3.85. The van der Waals surface area contributed by atoms with Crippen LogP contribution < -0.4 is 5.32 Å². The van der Waals surface area contributed by atoms with Crippen molar-refractivity contribution in [3.8, 4) is 6.07 Å². The van der Waals surface area contributed by atoms with Gasteiger partial charge in [0.25, 0.3) is 0 Å². The summed E-state index contributed by atoms with van der Waals surface area (Å²) in [5.74, 6) is 0. The van der Waals surface area contributed by atoms with E-state index in [0.717, 1.165) is 11.1 Å². The topological polar surface area (TPSA) is 35.8 Å². The third kappa shape index (κ3) is 2.84. The molecule has 0 heterocycles. The lowest BCUT2D eigenvalue weighted by molar-refractivity contribution is 1.39. The van der Waals surface area contributed by atoms with E-state index in [1.54, 1.807) is 6.07 Å². The Morgan fingerprint density at radius 2 is 1.84 bits per heavy atom. The third-order valence-electron chi connectivity index (χ3n) is 2.84. The Morgan fingerprint density at radius 1 is 1.11 bits per heavy atom. The maximum atomic E-state index is 9.16. The number of hydrogen-bond acceptors (Lipinski definition) is 2. The van der Waals surface area contributed by atoms with Crippen molar-refractivity contribution in [3.63, 3.8) is 0 Å². The van der Waals surface area contributed by atoms with Crippen LogP contribution in [-0.2, 0) is 0 Å². The first-order valence-electron chi connectivity index (χ1n) is 5.75. The summed E-state index contributed by atoms with van der Waals surface area (Å²) in [6, 6.07) is 11.4. The van der Waals surface area contributed by atoms with Crippen LogP contribution >= 0.6 is 23.2 Å². The highest BCUT2D eigenvalue weighted by atomic mass is 35.5. The predicted octanol–water partition coefficient (Wildman–Crippen LogP) is 5.23. The summed E-state index contributed by atoms with van der Waals surface area (Å²) >= 11 is 12.4. The number of nitrogens with zero attached hydrogens (tertiary/aromatic N) is 1. The number of hydrogen-bond donors (Lipinski definition) is 1. The summed E-state index contributed by atoms with van der Waals surface area (Å²) in [6.07, 6.45) is 0. The van der Waals surface area contributed by atoms with Crippen LogP contribution in [0.4, 0.5) is 11.4 Å². The number of benzene rings is 2. The van der Waals surface area contributed by atoms with Gasteiger partial charge in [-0.3, -0.25) is 0 Å². The molecule has 0 aromatic heterocycles. The highest BCUT2D eigenvalue weighted by molar-refractivity contribution is 6.39. The Labute approximate surface area is 122 Å². The van der Waals surface area contributed by atoms with Crippen LogP contribution in [0.2, 0.25) is 10.0 Å². The van der Waals surface area contributed by atoms with E-state index in [4.69, 9.17) is 28.5 Å². The van der Waals surface area contributed by atoms with Gasteiger partial charge in [0.15, 0.2) is 0 Å². The molecular formula is C15H12Cl2N2. The molecule has 1 N–H and O–H groups in total. The largest absolute Gasteiger partial charge is 0.352 e. The summed E-state index contributed by atoms with van der Waals surface area (Å²) in [6.45, 7) is 3.85. The molecule has 0 radical (unpaired) electrons. The van der Waals surface area contributed by atoms with Gasteiger partial charge in [-0.05, 0) is 43.2 Å². The Balaban J connectivity index is 2.48. The zero-order valence-electron chi connectivity index (χ0n) is 10.6. The summed E-state index contributed by atoms with van der Waals surface area (Å²) in [4.78, 5) is 0. The molecule has 0 saturated carbocycles. The zero-order valence-corrected chi connectivity index (χ0v) is 12.1. The second-order valence-electron chi connectivity index (χ2n) is 4.34. The molecule has 0 amide bonds. The molecule has 0 aliphatic rings. The van der Waals surface area contributed by atoms with Gasteiger partial charge in [0, 0.05) is 0 Å². The van der Waals surface area contributed by atoms with Gasteiger partial charge in [-0.2, -0.15) is 5.26 Å². The lowest BCUT2D eigenvalue weighted by atomic mass is 10.1. The predicted molar refractivity (Wildman–Crippen MR) is 80.4 cm³/mol. The number of aryl methyl sites for hydroxylation is 2. The molecule has 19 heavy (non-hydrogen) atoms. The molecule has 2 rings (SSSR count).